The second kappa shape index (κ2) is 5.94. The summed E-state index contributed by atoms with van der Waals surface area (Å²) >= 11 is 6.03. The predicted octanol–water partition coefficient (Wildman–Crippen LogP) is 3.26. The zero-order valence-electron chi connectivity index (χ0n) is 11.4. The highest BCUT2D eigenvalue weighted by Gasteiger charge is 2.17. The number of hydrogen-bond donors (Lipinski definition) is 0. The highest BCUT2D eigenvalue weighted by Crippen LogP contribution is 2.26. The van der Waals surface area contributed by atoms with E-state index in [1.54, 1.807) is 0 Å². The van der Waals surface area contributed by atoms with Crippen molar-refractivity contribution >= 4 is 22.5 Å². The van der Waals surface area contributed by atoms with Gasteiger partial charge in [0.25, 0.3) is 0 Å². The Kier molecular flexibility index (Phi) is 4.03. The quantitative estimate of drug-likeness (QED) is 0.867. The van der Waals surface area contributed by atoms with Crippen molar-refractivity contribution in [2.75, 3.05) is 19.8 Å². The highest BCUT2D eigenvalue weighted by molar-refractivity contribution is 6.31. The number of fused-ring (bicyclic) bond motifs is 1. The Bertz CT molecular complexity index is 612. The standard InChI is InChI=1S/C15H17ClN2O2/c1-2-14-17-13-7-11(16)3-4-12(13)15(18-14)20-9-10-5-6-19-8-10/h3-4,7,10H,2,5-6,8-9H2,1H3. The van der Waals surface area contributed by atoms with Gasteiger partial charge in [0.1, 0.15) is 5.82 Å². The van der Waals surface area contributed by atoms with Crippen molar-refractivity contribution in [2.24, 2.45) is 5.92 Å². The van der Waals surface area contributed by atoms with Crippen LogP contribution in [0.25, 0.3) is 10.9 Å². The molecule has 1 unspecified atom stereocenters. The first-order valence-corrected chi connectivity index (χ1v) is 7.30. The molecule has 1 aromatic heterocycles. The smallest absolute Gasteiger partial charge is 0.224 e. The molecule has 1 aromatic carbocycles. The Hall–Kier alpha value is -1.39. The molecule has 1 aliphatic rings. The van der Waals surface area contributed by atoms with Crippen molar-refractivity contribution in [1.29, 1.82) is 0 Å². The van der Waals surface area contributed by atoms with Crippen molar-refractivity contribution in [1.82, 2.24) is 9.97 Å². The van der Waals surface area contributed by atoms with E-state index in [-0.39, 0.29) is 0 Å². The average Bonchev–Trinajstić information content (AvgIpc) is 2.97. The van der Waals surface area contributed by atoms with Crippen LogP contribution >= 0.6 is 11.6 Å². The summed E-state index contributed by atoms with van der Waals surface area (Å²) in [6.07, 6.45) is 1.82. The number of benzene rings is 1. The van der Waals surface area contributed by atoms with Gasteiger partial charge < -0.3 is 9.47 Å². The van der Waals surface area contributed by atoms with E-state index in [4.69, 9.17) is 21.1 Å². The SMILES string of the molecule is CCc1nc(OCC2CCOC2)c2ccc(Cl)cc2n1. The molecule has 3 rings (SSSR count). The number of aromatic nitrogens is 2. The van der Waals surface area contributed by atoms with Crippen LogP contribution in [-0.4, -0.2) is 29.8 Å². The zero-order valence-corrected chi connectivity index (χ0v) is 12.2. The molecular formula is C15H17ClN2O2. The maximum atomic E-state index is 6.03. The summed E-state index contributed by atoms with van der Waals surface area (Å²) in [4.78, 5) is 8.99. The summed E-state index contributed by atoms with van der Waals surface area (Å²) in [5.74, 6) is 1.88. The van der Waals surface area contributed by atoms with Crippen LogP contribution in [0, 0.1) is 5.92 Å². The van der Waals surface area contributed by atoms with E-state index >= 15 is 0 Å². The van der Waals surface area contributed by atoms with Gasteiger partial charge in [0, 0.05) is 24.0 Å². The molecule has 0 N–H and O–H groups in total. The molecule has 1 atom stereocenters. The van der Waals surface area contributed by atoms with E-state index in [1.807, 2.05) is 25.1 Å². The first kappa shape index (κ1) is 13.6. The number of hydrogen-bond acceptors (Lipinski definition) is 4. The molecule has 0 aliphatic carbocycles. The molecule has 0 amide bonds. The minimum atomic E-state index is 0.456. The Morgan fingerprint density at radius 3 is 3.05 bits per heavy atom. The number of ether oxygens (including phenoxy) is 2. The predicted molar refractivity (Wildman–Crippen MR) is 78.3 cm³/mol. The maximum absolute atomic E-state index is 6.03. The van der Waals surface area contributed by atoms with Crippen molar-refractivity contribution in [2.45, 2.75) is 19.8 Å². The van der Waals surface area contributed by atoms with Crippen LogP contribution in [0.4, 0.5) is 0 Å². The lowest BCUT2D eigenvalue weighted by Crippen LogP contribution is -2.13. The van der Waals surface area contributed by atoms with Gasteiger partial charge in [0.15, 0.2) is 0 Å². The van der Waals surface area contributed by atoms with Gasteiger partial charge in [-0.3, -0.25) is 0 Å². The average molecular weight is 293 g/mol. The molecular weight excluding hydrogens is 276 g/mol. The molecule has 1 fully saturated rings. The molecule has 4 nitrogen and oxygen atoms in total. The molecule has 1 saturated heterocycles. The second-order valence-electron chi connectivity index (χ2n) is 5.00. The van der Waals surface area contributed by atoms with Gasteiger partial charge in [-0.25, -0.2) is 4.98 Å². The minimum absolute atomic E-state index is 0.456. The molecule has 5 heteroatoms. The summed E-state index contributed by atoms with van der Waals surface area (Å²) in [6, 6.07) is 5.60. The fraction of sp³-hybridized carbons (Fsp3) is 0.467. The third-order valence-corrected chi connectivity index (χ3v) is 3.70. The number of halogens is 1. The first-order chi connectivity index (χ1) is 9.76. The van der Waals surface area contributed by atoms with Crippen LogP contribution in [0.3, 0.4) is 0 Å². The van der Waals surface area contributed by atoms with Crippen LogP contribution < -0.4 is 4.74 Å². The maximum Gasteiger partial charge on any atom is 0.224 e. The molecule has 2 heterocycles. The van der Waals surface area contributed by atoms with Crippen LogP contribution in [0.2, 0.25) is 5.02 Å². The minimum Gasteiger partial charge on any atom is -0.477 e. The van der Waals surface area contributed by atoms with E-state index in [1.165, 1.54) is 0 Å². The normalized spacial score (nSPS) is 18.6. The third kappa shape index (κ3) is 2.86. The van der Waals surface area contributed by atoms with Crippen LogP contribution in [0.1, 0.15) is 19.2 Å². The Morgan fingerprint density at radius 2 is 2.30 bits per heavy atom. The molecule has 2 aromatic rings. The molecule has 0 saturated carbocycles. The molecule has 1 aliphatic heterocycles. The van der Waals surface area contributed by atoms with Gasteiger partial charge in [0.2, 0.25) is 5.88 Å². The summed E-state index contributed by atoms with van der Waals surface area (Å²) in [6.45, 7) is 4.27. The summed E-state index contributed by atoms with van der Waals surface area (Å²) in [5.41, 5.74) is 0.835. The van der Waals surface area contributed by atoms with Gasteiger partial charge in [-0.1, -0.05) is 18.5 Å². The Labute approximate surface area is 123 Å². The topological polar surface area (TPSA) is 44.2 Å². The first-order valence-electron chi connectivity index (χ1n) is 6.93. The van der Waals surface area contributed by atoms with E-state index in [0.717, 1.165) is 42.8 Å². The van der Waals surface area contributed by atoms with E-state index in [0.29, 0.717) is 23.4 Å². The monoisotopic (exact) mass is 292 g/mol. The van der Waals surface area contributed by atoms with Crippen LogP contribution in [0.15, 0.2) is 18.2 Å². The van der Waals surface area contributed by atoms with Gasteiger partial charge >= 0.3 is 0 Å². The van der Waals surface area contributed by atoms with Gasteiger partial charge in [0.05, 0.1) is 24.1 Å². The van der Waals surface area contributed by atoms with Crippen molar-refractivity contribution in [3.05, 3.63) is 29.0 Å². The molecule has 0 bridgehead atoms. The van der Waals surface area contributed by atoms with Crippen molar-refractivity contribution < 1.29 is 9.47 Å². The number of rotatable bonds is 4. The summed E-state index contributed by atoms with van der Waals surface area (Å²) < 4.78 is 11.3. The summed E-state index contributed by atoms with van der Waals surface area (Å²) in [5, 5.41) is 1.58. The fourth-order valence-electron chi connectivity index (χ4n) is 2.30. The molecule has 20 heavy (non-hydrogen) atoms. The van der Waals surface area contributed by atoms with Crippen LogP contribution in [-0.2, 0) is 11.2 Å². The highest BCUT2D eigenvalue weighted by atomic mass is 35.5. The van der Waals surface area contributed by atoms with Crippen molar-refractivity contribution in [3.63, 3.8) is 0 Å². The molecule has 106 valence electrons. The second-order valence-corrected chi connectivity index (χ2v) is 5.44. The van der Waals surface area contributed by atoms with Gasteiger partial charge in [-0.15, -0.1) is 0 Å². The summed E-state index contributed by atoms with van der Waals surface area (Å²) in [7, 11) is 0. The lowest BCUT2D eigenvalue weighted by Gasteiger charge is -2.12. The number of nitrogens with zero attached hydrogens (tertiary/aromatic N) is 2. The van der Waals surface area contributed by atoms with E-state index in [9.17, 15) is 0 Å². The largest absolute Gasteiger partial charge is 0.477 e. The van der Waals surface area contributed by atoms with Gasteiger partial charge in [-0.2, -0.15) is 4.98 Å². The van der Waals surface area contributed by atoms with Gasteiger partial charge in [-0.05, 0) is 24.6 Å². The Morgan fingerprint density at radius 1 is 1.40 bits per heavy atom. The number of aryl methyl sites for hydroxylation is 1. The van der Waals surface area contributed by atoms with E-state index in [2.05, 4.69) is 9.97 Å². The zero-order chi connectivity index (χ0) is 13.9. The molecule has 0 spiro atoms. The molecule has 0 radical (unpaired) electrons. The lowest BCUT2D eigenvalue weighted by molar-refractivity contribution is 0.166. The fourth-order valence-corrected chi connectivity index (χ4v) is 2.47. The lowest BCUT2D eigenvalue weighted by atomic mass is 10.1. The van der Waals surface area contributed by atoms with E-state index < -0.39 is 0 Å². The van der Waals surface area contributed by atoms with Crippen molar-refractivity contribution in [3.8, 4) is 5.88 Å². The van der Waals surface area contributed by atoms with Crippen LogP contribution in [0.5, 0.6) is 5.88 Å². The Balaban J connectivity index is 1.90. The third-order valence-electron chi connectivity index (χ3n) is 3.47.